The SMILES string of the molecule is CC=CC(=O)CCCCCCCCCCCCCCC(C)O. The summed E-state index contributed by atoms with van der Waals surface area (Å²) < 4.78 is 0. The summed E-state index contributed by atoms with van der Waals surface area (Å²) in [4.78, 5) is 11.3. The van der Waals surface area contributed by atoms with Crippen LogP contribution in [0.4, 0.5) is 0 Å². The molecule has 22 heavy (non-hydrogen) atoms. The molecule has 0 radical (unpaired) electrons. The van der Waals surface area contributed by atoms with Crippen molar-refractivity contribution in [1.29, 1.82) is 0 Å². The Morgan fingerprint density at radius 2 is 1.23 bits per heavy atom. The van der Waals surface area contributed by atoms with E-state index in [9.17, 15) is 4.79 Å². The van der Waals surface area contributed by atoms with Crippen molar-refractivity contribution in [3.8, 4) is 0 Å². The molecule has 2 nitrogen and oxygen atoms in total. The highest BCUT2D eigenvalue weighted by Crippen LogP contribution is 2.13. The molecule has 0 fully saturated rings. The molecule has 0 saturated heterocycles. The van der Waals surface area contributed by atoms with Crippen LogP contribution in [0.5, 0.6) is 0 Å². The van der Waals surface area contributed by atoms with E-state index in [0.29, 0.717) is 0 Å². The van der Waals surface area contributed by atoms with Crippen molar-refractivity contribution in [2.24, 2.45) is 0 Å². The zero-order valence-corrected chi connectivity index (χ0v) is 15.0. The molecule has 1 unspecified atom stereocenters. The second kappa shape index (κ2) is 16.7. The second-order valence-electron chi connectivity index (χ2n) is 6.60. The first-order valence-electron chi connectivity index (χ1n) is 9.50. The van der Waals surface area contributed by atoms with E-state index in [1.54, 1.807) is 6.08 Å². The maximum Gasteiger partial charge on any atom is 0.155 e. The zero-order valence-electron chi connectivity index (χ0n) is 15.0. The third-order valence-electron chi connectivity index (χ3n) is 4.15. The lowest BCUT2D eigenvalue weighted by molar-refractivity contribution is -0.114. The highest BCUT2D eigenvalue weighted by Gasteiger charge is 1.98. The summed E-state index contributed by atoms with van der Waals surface area (Å²) in [5.74, 6) is 0.274. The number of hydrogen-bond acceptors (Lipinski definition) is 2. The third kappa shape index (κ3) is 17.4. The van der Waals surface area contributed by atoms with Crippen LogP contribution in [0.3, 0.4) is 0 Å². The molecule has 0 amide bonds. The van der Waals surface area contributed by atoms with Crippen LogP contribution in [0.2, 0.25) is 0 Å². The number of hydrogen-bond donors (Lipinski definition) is 1. The highest BCUT2D eigenvalue weighted by molar-refractivity contribution is 5.89. The van der Waals surface area contributed by atoms with E-state index in [4.69, 9.17) is 5.11 Å². The Morgan fingerprint density at radius 3 is 1.64 bits per heavy atom. The second-order valence-corrected chi connectivity index (χ2v) is 6.60. The number of aliphatic hydroxyl groups is 1. The fourth-order valence-corrected chi connectivity index (χ4v) is 2.78. The van der Waals surface area contributed by atoms with Crippen LogP contribution < -0.4 is 0 Å². The van der Waals surface area contributed by atoms with Crippen LogP contribution in [0.1, 0.15) is 104 Å². The number of aliphatic hydroxyl groups excluding tert-OH is 1. The molecule has 0 aliphatic rings. The number of rotatable bonds is 16. The Kier molecular flexibility index (Phi) is 16.3. The van der Waals surface area contributed by atoms with Gasteiger partial charge in [-0.2, -0.15) is 0 Å². The van der Waals surface area contributed by atoms with Gasteiger partial charge in [0.1, 0.15) is 0 Å². The summed E-state index contributed by atoms with van der Waals surface area (Å²) in [5, 5.41) is 9.16. The summed E-state index contributed by atoms with van der Waals surface area (Å²) in [5.41, 5.74) is 0. The minimum absolute atomic E-state index is 0.124. The quantitative estimate of drug-likeness (QED) is 0.281. The van der Waals surface area contributed by atoms with Crippen molar-refractivity contribution in [3.63, 3.8) is 0 Å². The molecule has 0 spiro atoms. The van der Waals surface area contributed by atoms with Crippen LogP contribution in [0.25, 0.3) is 0 Å². The minimum Gasteiger partial charge on any atom is -0.393 e. The van der Waals surface area contributed by atoms with Gasteiger partial charge < -0.3 is 5.11 Å². The molecule has 0 aliphatic carbocycles. The lowest BCUT2D eigenvalue weighted by atomic mass is 10.0. The molecular formula is C20H38O2. The number of allylic oxidation sites excluding steroid dienone is 2. The van der Waals surface area contributed by atoms with E-state index in [-0.39, 0.29) is 11.9 Å². The van der Waals surface area contributed by atoms with E-state index in [0.717, 1.165) is 19.3 Å². The Balaban J connectivity index is 3.07. The Bertz CT molecular complexity index is 269. The number of carbonyl (C=O) groups excluding carboxylic acids is 1. The topological polar surface area (TPSA) is 37.3 Å². The van der Waals surface area contributed by atoms with E-state index in [1.165, 1.54) is 70.6 Å². The molecule has 0 rings (SSSR count). The van der Waals surface area contributed by atoms with Crippen molar-refractivity contribution in [1.82, 2.24) is 0 Å². The summed E-state index contributed by atoms with van der Waals surface area (Å²) in [6, 6.07) is 0. The summed E-state index contributed by atoms with van der Waals surface area (Å²) >= 11 is 0. The van der Waals surface area contributed by atoms with Gasteiger partial charge in [-0.05, 0) is 32.8 Å². The third-order valence-corrected chi connectivity index (χ3v) is 4.15. The molecule has 0 heterocycles. The van der Waals surface area contributed by atoms with Gasteiger partial charge in [0.2, 0.25) is 0 Å². The average molecular weight is 311 g/mol. The van der Waals surface area contributed by atoms with Crippen molar-refractivity contribution < 1.29 is 9.90 Å². The first-order chi connectivity index (χ1) is 10.7. The van der Waals surface area contributed by atoms with Crippen LogP contribution in [-0.2, 0) is 4.79 Å². The van der Waals surface area contributed by atoms with Gasteiger partial charge in [0, 0.05) is 6.42 Å². The lowest BCUT2D eigenvalue weighted by Gasteiger charge is -2.04. The fraction of sp³-hybridized carbons (Fsp3) is 0.850. The van der Waals surface area contributed by atoms with Gasteiger partial charge >= 0.3 is 0 Å². The maximum absolute atomic E-state index is 11.3. The summed E-state index contributed by atoms with van der Waals surface area (Å²) in [6.45, 7) is 3.77. The maximum atomic E-state index is 11.3. The molecule has 0 aliphatic heterocycles. The van der Waals surface area contributed by atoms with Crippen LogP contribution in [-0.4, -0.2) is 17.0 Å². The molecule has 0 bridgehead atoms. The molecule has 1 N–H and O–H groups in total. The summed E-state index contributed by atoms with van der Waals surface area (Å²) in [6.07, 6.45) is 20.5. The Hall–Kier alpha value is -0.630. The Labute approximate surface area is 138 Å². The van der Waals surface area contributed by atoms with Gasteiger partial charge in [-0.3, -0.25) is 4.79 Å². The first kappa shape index (κ1) is 21.4. The average Bonchev–Trinajstić information content (AvgIpc) is 2.47. The minimum atomic E-state index is -0.124. The molecular weight excluding hydrogens is 272 g/mol. The van der Waals surface area contributed by atoms with E-state index >= 15 is 0 Å². The predicted octanol–water partition coefficient (Wildman–Crippen LogP) is 5.97. The lowest BCUT2D eigenvalue weighted by Crippen LogP contribution is -1.98. The number of ketones is 1. The number of unbranched alkanes of at least 4 members (excludes halogenated alkanes) is 11. The molecule has 0 aromatic carbocycles. The molecule has 1 atom stereocenters. The van der Waals surface area contributed by atoms with E-state index in [2.05, 4.69) is 0 Å². The van der Waals surface area contributed by atoms with Gasteiger partial charge in [0.15, 0.2) is 5.78 Å². The van der Waals surface area contributed by atoms with Crippen molar-refractivity contribution in [2.75, 3.05) is 0 Å². The summed E-state index contributed by atoms with van der Waals surface area (Å²) in [7, 11) is 0. The van der Waals surface area contributed by atoms with Gasteiger partial charge in [0.25, 0.3) is 0 Å². The molecule has 130 valence electrons. The van der Waals surface area contributed by atoms with Gasteiger partial charge in [0.05, 0.1) is 6.10 Å². The highest BCUT2D eigenvalue weighted by atomic mass is 16.3. The van der Waals surface area contributed by atoms with Crippen molar-refractivity contribution >= 4 is 5.78 Å². The smallest absolute Gasteiger partial charge is 0.155 e. The molecule has 0 aromatic rings. The van der Waals surface area contributed by atoms with Gasteiger partial charge in [-0.1, -0.05) is 76.7 Å². The fourth-order valence-electron chi connectivity index (χ4n) is 2.78. The van der Waals surface area contributed by atoms with E-state index < -0.39 is 0 Å². The van der Waals surface area contributed by atoms with Gasteiger partial charge in [-0.15, -0.1) is 0 Å². The van der Waals surface area contributed by atoms with Gasteiger partial charge in [-0.25, -0.2) is 0 Å². The standard InChI is InChI=1S/C20H38O2/c1-3-16-20(22)18-15-13-11-9-7-5-4-6-8-10-12-14-17-19(2)21/h3,16,19,21H,4-15,17-18H2,1-2H3. The largest absolute Gasteiger partial charge is 0.393 e. The first-order valence-corrected chi connectivity index (χ1v) is 9.50. The predicted molar refractivity (Wildman–Crippen MR) is 96.1 cm³/mol. The molecule has 0 aromatic heterocycles. The Morgan fingerprint density at radius 1 is 0.818 bits per heavy atom. The molecule has 2 heteroatoms. The van der Waals surface area contributed by atoms with Crippen LogP contribution in [0.15, 0.2) is 12.2 Å². The monoisotopic (exact) mass is 310 g/mol. The van der Waals surface area contributed by atoms with Crippen LogP contribution >= 0.6 is 0 Å². The van der Waals surface area contributed by atoms with Crippen molar-refractivity contribution in [3.05, 3.63) is 12.2 Å². The number of carbonyl (C=O) groups is 1. The van der Waals surface area contributed by atoms with Crippen LogP contribution in [0, 0.1) is 0 Å². The van der Waals surface area contributed by atoms with E-state index in [1.807, 2.05) is 19.9 Å². The normalized spacial score (nSPS) is 12.9. The zero-order chi connectivity index (χ0) is 16.5. The van der Waals surface area contributed by atoms with Crippen molar-refractivity contribution in [2.45, 2.75) is 110 Å². The molecule has 0 saturated carbocycles.